The van der Waals surface area contributed by atoms with Crippen LogP contribution in [-0.4, -0.2) is 55.0 Å². The Bertz CT molecular complexity index is 1400. The number of pyridine rings is 1. The molecule has 0 aliphatic heterocycles. The van der Waals surface area contributed by atoms with Gasteiger partial charge in [-0.15, -0.1) is 13.2 Å². The fourth-order valence-electron chi connectivity index (χ4n) is 3.33. The lowest BCUT2D eigenvalue weighted by atomic mass is 10.1. The van der Waals surface area contributed by atoms with Gasteiger partial charge in [0.2, 0.25) is 0 Å². The van der Waals surface area contributed by atoms with E-state index in [4.69, 9.17) is 23.2 Å². The van der Waals surface area contributed by atoms with E-state index in [1.165, 1.54) is 31.4 Å². The second-order valence-electron chi connectivity index (χ2n) is 7.78. The molecule has 0 atom stereocenters. The number of anilines is 2. The van der Waals surface area contributed by atoms with E-state index in [-0.39, 0.29) is 15.9 Å². The van der Waals surface area contributed by atoms with Crippen LogP contribution in [0.4, 0.5) is 29.1 Å². The van der Waals surface area contributed by atoms with Crippen molar-refractivity contribution < 1.29 is 31.9 Å². The molecule has 0 unspecified atom stereocenters. The molecule has 0 fully saturated rings. The molecule has 2 aromatic carbocycles. The lowest BCUT2D eigenvalue weighted by molar-refractivity contribution is -0.274. The summed E-state index contributed by atoms with van der Waals surface area (Å²) in [5.41, 5.74) is -1.36. The summed E-state index contributed by atoms with van der Waals surface area (Å²) in [5, 5.41) is 4.47. The van der Waals surface area contributed by atoms with Crippen LogP contribution in [0.5, 0.6) is 5.75 Å². The first-order valence-electron chi connectivity index (χ1n) is 10.6. The maximum atomic E-state index is 14.9. The van der Waals surface area contributed by atoms with E-state index in [1.54, 1.807) is 19.0 Å². The Morgan fingerprint density at radius 1 is 0.974 bits per heavy atom. The summed E-state index contributed by atoms with van der Waals surface area (Å²) in [6.07, 6.45) is -3.97. The average molecular weight is 572 g/mol. The lowest BCUT2D eigenvalue weighted by Crippen LogP contribution is -2.24. The topological polar surface area (TPSA) is 95.9 Å². The van der Waals surface area contributed by atoms with Crippen LogP contribution in [-0.2, 0) is 0 Å². The Morgan fingerprint density at radius 3 is 2.21 bits per heavy atom. The highest BCUT2D eigenvalue weighted by Gasteiger charge is 2.34. The quantitative estimate of drug-likeness (QED) is 0.219. The first kappa shape index (κ1) is 28.7. The van der Waals surface area contributed by atoms with Crippen molar-refractivity contribution in [2.24, 2.45) is 4.99 Å². The van der Waals surface area contributed by atoms with Gasteiger partial charge in [-0.05, 0) is 30.3 Å². The van der Waals surface area contributed by atoms with Crippen LogP contribution in [0, 0.1) is 5.82 Å². The van der Waals surface area contributed by atoms with Crippen LogP contribution in [0.3, 0.4) is 0 Å². The van der Waals surface area contributed by atoms with Crippen molar-refractivity contribution in [3.63, 3.8) is 0 Å². The summed E-state index contributed by atoms with van der Waals surface area (Å²) in [7, 11) is 4.88. The van der Waals surface area contributed by atoms with Crippen LogP contribution < -0.4 is 15.4 Å². The summed E-state index contributed by atoms with van der Waals surface area (Å²) in [4.78, 5) is 35.5. The molecular formula is C24H19Cl2F4N5O3. The second-order valence-corrected chi connectivity index (χ2v) is 8.65. The zero-order valence-electron chi connectivity index (χ0n) is 20.0. The second kappa shape index (κ2) is 11.7. The molecule has 0 radical (unpaired) electrons. The number of hydrogen-bond acceptors (Lipinski definition) is 5. The van der Waals surface area contributed by atoms with E-state index in [9.17, 15) is 27.2 Å². The minimum atomic E-state index is -5.20. The number of hydrogen-bond donors (Lipinski definition) is 2. The van der Waals surface area contributed by atoms with Crippen LogP contribution in [0.25, 0.3) is 0 Å². The zero-order chi connectivity index (χ0) is 28.2. The van der Waals surface area contributed by atoms with Crippen molar-refractivity contribution in [3.05, 3.63) is 81.2 Å². The summed E-state index contributed by atoms with van der Waals surface area (Å²) < 4.78 is 58.3. The van der Waals surface area contributed by atoms with E-state index < -0.39 is 46.6 Å². The molecule has 0 spiro atoms. The summed E-state index contributed by atoms with van der Waals surface area (Å²) in [6, 6.07) is 8.11. The number of nitrogens with zero attached hydrogens (tertiary/aromatic N) is 3. The van der Waals surface area contributed by atoms with Gasteiger partial charge in [0.05, 0.1) is 21.8 Å². The van der Waals surface area contributed by atoms with Gasteiger partial charge < -0.3 is 20.3 Å². The maximum absolute atomic E-state index is 14.9. The Kier molecular flexibility index (Phi) is 8.79. The molecule has 200 valence electrons. The molecule has 14 heteroatoms. The highest BCUT2D eigenvalue weighted by molar-refractivity contribution is 6.32. The molecule has 0 aliphatic carbocycles. The van der Waals surface area contributed by atoms with E-state index in [1.807, 2.05) is 0 Å². The molecule has 2 amide bonds. The van der Waals surface area contributed by atoms with Gasteiger partial charge in [0.1, 0.15) is 17.5 Å². The van der Waals surface area contributed by atoms with Crippen molar-refractivity contribution in [2.75, 3.05) is 31.8 Å². The number of halogens is 6. The van der Waals surface area contributed by atoms with Crippen molar-refractivity contribution in [1.29, 1.82) is 0 Å². The molecule has 3 aromatic rings. The Hall–Kier alpha value is -3.90. The minimum absolute atomic E-state index is 0.00543. The Balaban J connectivity index is 2.03. The van der Waals surface area contributed by atoms with Gasteiger partial charge in [0.25, 0.3) is 11.8 Å². The van der Waals surface area contributed by atoms with Gasteiger partial charge in [-0.25, -0.2) is 9.37 Å². The fraction of sp³-hybridized carbons (Fsp3) is 0.167. The molecular weight excluding hydrogens is 553 g/mol. The van der Waals surface area contributed by atoms with Gasteiger partial charge in [-0.3, -0.25) is 14.6 Å². The predicted octanol–water partition coefficient (Wildman–Crippen LogP) is 5.87. The van der Waals surface area contributed by atoms with E-state index in [0.29, 0.717) is 11.4 Å². The molecule has 0 bridgehead atoms. The van der Waals surface area contributed by atoms with Gasteiger partial charge in [-0.1, -0.05) is 29.3 Å². The number of aliphatic imine (C=N–C) groups is 1. The van der Waals surface area contributed by atoms with Crippen molar-refractivity contribution in [2.45, 2.75) is 6.36 Å². The molecule has 38 heavy (non-hydrogen) atoms. The summed E-state index contributed by atoms with van der Waals surface area (Å²) >= 11 is 11.7. The average Bonchev–Trinajstić information content (AvgIpc) is 2.81. The molecule has 0 aliphatic rings. The largest absolute Gasteiger partial charge is 0.573 e. The number of aromatic nitrogens is 1. The zero-order valence-corrected chi connectivity index (χ0v) is 21.5. The Morgan fingerprint density at radius 2 is 1.66 bits per heavy atom. The van der Waals surface area contributed by atoms with Crippen molar-refractivity contribution >= 4 is 52.4 Å². The number of ether oxygens (including phenoxy) is 1. The first-order valence-corrected chi connectivity index (χ1v) is 11.3. The smallest absolute Gasteiger partial charge is 0.403 e. The number of nitrogens with one attached hydrogen (secondary N) is 2. The van der Waals surface area contributed by atoms with Crippen LogP contribution in [0.2, 0.25) is 10.0 Å². The van der Waals surface area contributed by atoms with E-state index >= 15 is 0 Å². The molecule has 2 N–H and O–H groups in total. The number of rotatable bonds is 6. The van der Waals surface area contributed by atoms with E-state index in [2.05, 4.69) is 25.3 Å². The number of benzene rings is 2. The Labute approximate surface area is 224 Å². The third-order valence-corrected chi connectivity index (χ3v) is 5.29. The molecule has 8 nitrogen and oxygen atoms in total. The van der Waals surface area contributed by atoms with Gasteiger partial charge in [0.15, 0.2) is 5.75 Å². The predicted molar refractivity (Wildman–Crippen MR) is 136 cm³/mol. The van der Waals surface area contributed by atoms with E-state index in [0.717, 1.165) is 24.3 Å². The van der Waals surface area contributed by atoms with Crippen molar-refractivity contribution in [3.8, 4) is 5.75 Å². The molecule has 1 heterocycles. The highest BCUT2D eigenvalue weighted by atomic mass is 35.5. The fourth-order valence-corrected chi connectivity index (χ4v) is 3.65. The van der Waals surface area contributed by atoms with Gasteiger partial charge in [-0.2, -0.15) is 0 Å². The third kappa shape index (κ3) is 7.11. The van der Waals surface area contributed by atoms with Crippen LogP contribution >= 0.6 is 23.2 Å². The van der Waals surface area contributed by atoms with Crippen molar-refractivity contribution in [1.82, 2.24) is 9.88 Å². The number of alkyl halides is 3. The number of carbonyl (C=O) groups excluding carboxylic acids is 2. The number of carbonyl (C=O) groups is 2. The molecule has 3 rings (SSSR count). The summed E-state index contributed by atoms with van der Waals surface area (Å²) in [5.74, 6) is -3.68. The maximum Gasteiger partial charge on any atom is 0.573 e. The molecule has 0 saturated carbocycles. The van der Waals surface area contributed by atoms with Crippen LogP contribution in [0.1, 0.15) is 26.3 Å². The van der Waals surface area contributed by atoms with Crippen LogP contribution in [0.15, 0.2) is 53.7 Å². The highest BCUT2D eigenvalue weighted by Crippen LogP contribution is 2.37. The third-order valence-electron chi connectivity index (χ3n) is 4.85. The minimum Gasteiger partial charge on any atom is -0.403 e. The normalized spacial score (nSPS) is 11.7. The number of amidine groups is 1. The standard InChI is InChI=1S/C24H19Cl2F4N5O3/c1-31-21(35(2)3)12-4-6-15(17(27)8-12)22(36)34-20-16(9-14(26)10-18(20)38-24(28,29)30)23(37)33-19-7-5-13(25)11-32-19/h4-11H,1-3H3,(H,34,36)(H,32,33,37)/b31-21+. The summed E-state index contributed by atoms with van der Waals surface area (Å²) in [6.45, 7) is 0. The molecule has 1 aromatic heterocycles. The van der Waals surface area contributed by atoms with Gasteiger partial charge in [0, 0.05) is 44.0 Å². The number of amides is 2. The monoisotopic (exact) mass is 571 g/mol. The SMILES string of the molecule is C/N=C(\c1ccc(C(=O)Nc2c(OC(F)(F)F)cc(Cl)cc2C(=O)Nc2ccc(Cl)cn2)c(F)c1)N(C)C. The van der Waals surface area contributed by atoms with Gasteiger partial charge >= 0.3 is 6.36 Å². The lowest BCUT2D eigenvalue weighted by Gasteiger charge is -2.19. The molecule has 0 saturated heterocycles. The first-order chi connectivity index (χ1) is 17.8.